The van der Waals surface area contributed by atoms with E-state index >= 15 is 0 Å². The first-order valence-corrected chi connectivity index (χ1v) is 10.7. The lowest BCUT2D eigenvalue weighted by molar-refractivity contribution is -0.137. The molecule has 4 rings (SSSR count). The van der Waals surface area contributed by atoms with Gasteiger partial charge in [0.05, 0.1) is 16.6 Å². The number of nitrogens with one attached hydrogen (secondary N) is 1. The number of aromatic nitrogens is 2. The molecule has 3 N–H and O–H groups in total. The van der Waals surface area contributed by atoms with Crippen molar-refractivity contribution in [3.63, 3.8) is 0 Å². The van der Waals surface area contributed by atoms with E-state index in [0.717, 1.165) is 24.3 Å². The predicted molar refractivity (Wildman–Crippen MR) is 130 cm³/mol. The predicted octanol–water partition coefficient (Wildman–Crippen LogP) is 5.68. The maximum Gasteiger partial charge on any atom is 0.416 e. The molecule has 4 aromatic rings. The molecule has 0 aliphatic rings. The van der Waals surface area contributed by atoms with Crippen molar-refractivity contribution < 1.29 is 26.3 Å². The summed E-state index contributed by atoms with van der Waals surface area (Å²) in [5.74, 6) is -0.149. The second-order valence-corrected chi connectivity index (χ2v) is 8.06. The van der Waals surface area contributed by atoms with Crippen LogP contribution < -0.4 is 16.6 Å². The van der Waals surface area contributed by atoms with Crippen LogP contribution in [0.4, 0.5) is 37.8 Å². The molecular formula is C25H19F6N5O. The molecule has 6 nitrogen and oxygen atoms in total. The van der Waals surface area contributed by atoms with Gasteiger partial charge in [0, 0.05) is 41.8 Å². The highest BCUT2D eigenvalue weighted by atomic mass is 19.4. The number of nitrogens with two attached hydrogens (primary N) is 1. The van der Waals surface area contributed by atoms with Crippen molar-refractivity contribution in [3.05, 3.63) is 82.3 Å². The number of hydrogen-bond acceptors (Lipinski definition) is 5. The van der Waals surface area contributed by atoms with Gasteiger partial charge in [-0.05, 0) is 48.0 Å². The van der Waals surface area contributed by atoms with Crippen LogP contribution in [0.1, 0.15) is 11.1 Å². The molecule has 0 spiro atoms. The van der Waals surface area contributed by atoms with E-state index in [-0.39, 0.29) is 22.5 Å². The van der Waals surface area contributed by atoms with E-state index in [2.05, 4.69) is 15.3 Å². The van der Waals surface area contributed by atoms with Gasteiger partial charge in [-0.3, -0.25) is 14.4 Å². The molecule has 2 aromatic heterocycles. The zero-order valence-electron chi connectivity index (χ0n) is 19.2. The number of pyridine rings is 2. The SMILES string of the molecule is CN=Cc1cc(-n2cc3ccc(NCC(F)(F)F)nc3c(-c3ccc(C(F)(F)F)cc3)c2=O)ccc1N. The number of benzene rings is 2. The van der Waals surface area contributed by atoms with Crippen LogP contribution in [0.5, 0.6) is 0 Å². The van der Waals surface area contributed by atoms with Gasteiger partial charge in [0.15, 0.2) is 0 Å². The molecule has 0 saturated carbocycles. The highest BCUT2D eigenvalue weighted by molar-refractivity contribution is 5.94. The Labute approximate surface area is 206 Å². The van der Waals surface area contributed by atoms with Crippen molar-refractivity contribution in [2.75, 3.05) is 24.6 Å². The van der Waals surface area contributed by atoms with E-state index in [1.54, 1.807) is 25.2 Å². The third-order valence-electron chi connectivity index (χ3n) is 5.45. The lowest BCUT2D eigenvalue weighted by atomic mass is 10.0. The smallest absolute Gasteiger partial charge is 0.398 e. The highest BCUT2D eigenvalue weighted by Crippen LogP contribution is 2.32. The van der Waals surface area contributed by atoms with Crippen molar-refractivity contribution in [1.29, 1.82) is 0 Å². The first-order valence-electron chi connectivity index (χ1n) is 10.7. The number of fused-ring (bicyclic) bond motifs is 1. The Morgan fingerprint density at radius 2 is 1.73 bits per heavy atom. The molecule has 37 heavy (non-hydrogen) atoms. The molecule has 12 heteroatoms. The Morgan fingerprint density at radius 3 is 2.35 bits per heavy atom. The van der Waals surface area contributed by atoms with Crippen molar-refractivity contribution in [3.8, 4) is 16.8 Å². The molecule has 0 aliphatic carbocycles. The Balaban J connectivity index is 1.96. The Kier molecular flexibility index (Phi) is 6.68. The Hall–Kier alpha value is -4.35. The van der Waals surface area contributed by atoms with Gasteiger partial charge in [-0.1, -0.05) is 12.1 Å². The fourth-order valence-corrected chi connectivity index (χ4v) is 3.72. The first kappa shape index (κ1) is 25.7. The van der Waals surface area contributed by atoms with Gasteiger partial charge in [0.2, 0.25) is 0 Å². The van der Waals surface area contributed by atoms with Crippen LogP contribution in [0.25, 0.3) is 27.7 Å². The summed E-state index contributed by atoms with van der Waals surface area (Å²) in [7, 11) is 1.55. The average molecular weight is 519 g/mol. The van der Waals surface area contributed by atoms with E-state index in [1.807, 2.05) is 0 Å². The number of anilines is 2. The van der Waals surface area contributed by atoms with E-state index in [4.69, 9.17) is 5.73 Å². The molecule has 0 amide bonds. The fraction of sp³-hybridized carbons (Fsp3) is 0.160. The van der Waals surface area contributed by atoms with Crippen LogP contribution >= 0.6 is 0 Å². The number of halogens is 6. The second kappa shape index (κ2) is 9.60. The van der Waals surface area contributed by atoms with Crippen LogP contribution in [0.15, 0.2) is 70.6 Å². The summed E-state index contributed by atoms with van der Waals surface area (Å²) in [5.41, 5.74) is 5.80. The van der Waals surface area contributed by atoms with Gasteiger partial charge in [0.25, 0.3) is 5.56 Å². The van der Waals surface area contributed by atoms with Crippen LogP contribution in [0.2, 0.25) is 0 Å². The van der Waals surface area contributed by atoms with E-state index in [0.29, 0.717) is 22.3 Å². The highest BCUT2D eigenvalue weighted by Gasteiger charge is 2.30. The Bertz CT molecular complexity index is 1540. The minimum Gasteiger partial charge on any atom is -0.398 e. The summed E-state index contributed by atoms with van der Waals surface area (Å²) in [6, 6.07) is 11.4. The quantitative estimate of drug-likeness (QED) is 0.202. The zero-order chi connectivity index (χ0) is 27.0. The summed E-state index contributed by atoms with van der Waals surface area (Å²) < 4.78 is 78.7. The lowest BCUT2D eigenvalue weighted by Crippen LogP contribution is -2.23. The van der Waals surface area contributed by atoms with E-state index in [9.17, 15) is 31.1 Å². The summed E-state index contributed by atoms with van der Waals surface area (Å²) in [4.78, 5) is 21.8. The third kappa shape index (κ3) is 5.57. The molecule has 0 fully saturated rings. The summed E-state index contributed by atoms with van der Waals surface area (Å²) in [6.07, 6.45) is -6.15. The number of alkyl halides is 6. The summed E-state index contributed by atoms with van der Waals surface area (Å²) >= 11 is 0. The molecule has 0 atom stereocenters. The molecule has 0 radical (unpaired) electrons. The van der Waals surface area contributed by atoms with Crippen molar-refractivity contribution >= 4 is 28.6 Å². The van der Waals surface area contributed by atoms with Crippen molar-refractivity contribution in [2.45, 2.75) is 12.4 Å². The topological polar surface area (TPSA) is 85.3 Å². The standard InChI is InChI=1S/C25H19F6N5O/c1-33-11-16-10-18(7-8-19(16)32)36-12-15-4-9-20(34-13-24(26,27)28)35-22(15)21(23(36)37)14-2-5-17(6-3-14)25(29,30)31/h2-12H,13,32H2,1H3,(H,34,35). The first-order chi connectivity index (χ1) is 17.4. The monoisotopic (exact) mass is 519 g/mol. The maximum atomic E-state index is 13.7. The number of nitrogens with zero attached hydrogens (tertiary/aromatic N) is 3. The van der Waals surface area contributed by atoms with Crippen LogP contribution in [-0.4, -0.2) is 35.5 Å². The molecular weight excluding hydrogens is 500 g/mol. The van der Waals surface area contributed by atoms with Gasteiger partial charge >= 0.3 is 12.4 Å². The Morgan fingerprint density at radius 1 is 1.03 bits per heavy atom. The molecule has 0 aliphatic heterocycles. The number of rotatable bonds is 5. The van der Waals surface area contributed by atoms with Crippen molar-refractivity contribution in [2.24, 2.45) is 4.99 Å². The average Bonchev–Trinajstić information content (AvgIpc) is 2.83. The van der Waals surface area contributed by atoms with E-state index in [1.165, 1.54) is 29.1 Å². The lowest BCUT2D eigenvalue weighted by Gasteiger charge is -2.15. The normalized spacial score (nSPS) is 12.4. The fourth-order valence-electron chi connectivity index (χ4n) is 3.72. The van der Waals surface area contributed by atoms with Crippen molar-refractivity contribution in [1.82, 2.24) is 9.55 Å². The molecule has 0 saturated heterocycles. The second-order valence-electron chi connectivity index (χ2n) is 8.06. The van der Waals surface area contributed by atoms with Gasteiger partial charge in [-0.15, -0.1) is 0 Å². The van der Waals surface area contributed by atoms with Gasteiger partial charge in [-0.25, -0.2) is 4.98 Å². The summed E-state index contributed by atoms with van der Waals surface area (Å²) in [6.45, 7) is -1.36. The molecule has 0 bridgehead atoms. The van der Waals surface area contributed by atoms with Gasteiger partial charge in [-0.2, -0.15) is 26.3 Å². The maximum absolute atomic E-state index is 13.7. The largest absolute Gasteiger partial charge is 0.416 e. The third-order valence-corrected chi connectivity index (χ3v) is 5.45. The van der Waals surface area contributed by atoms with Crippen LogP contribution in [0.3, 0.4) is 0 Å². The number of hydrogen-bond donors (Lipinski definition) is 2. The van der Waals surface area contributed by atoms with Gasteiger partial charge in [0.1, 0.15) is 12.4 Å². The molecule has 2 aromatic carbocycles. The summed E-state index contributed by atoms with van der Waals surface area (Å²) in [5, 5.41) is 2.53. The van der Waals surface area contributed by atoms with E-state index < -0.39 is 30.0 Å². The molecule has 2 heterocycles. The van der Waals surface area contributed by atoms with Crippen LogP contribution in [0, 0.1) is 0 Å². The minimum absolute atomic E-state index is 0.0268. The molecule has 0 unspecified atom stereocenters. The zero-order valence-corrected chi connectivity index (χ0v) is 19.2. The van der Waals surface area contributed by atoms with Crippen LogP contribution in [-0.2, 0) is 6.18 Å². The van der Waals surface area contributed by atoms with Gasteiger partial charge < -0.3 is 11.1 Å². The number of aliphatic imine (C=N–C) groups is 1. The number of nitrogen functional groups attached to an aromatic ring is 1. The minimum atomic E-state index is -4.59. The molecule has 192 valence electrons.